The first-order valence-corrected chi connectivity index (χ1v) is 4.73. The molecule has 0 aromatic carbocycles. The second-order valence-corrected chi connectivity index (χ2v) is 3.28. The minimum atomic E-state index is -0.534. The Hall–Kier alpha value is -2.17. The highest BCUT2D eigenvalue weighted by atomic mass is 16.5. The number of hydrogen-bond donors (Lipinski definition) is 0. The number of nitrogens with zero attached hydrogens (tertiary/aromatic N) is 2. The molecule has 0 N–H and O–H groups in total. The van der Waals surface area contributed by atoms with E-state index in [9.17, 15) is 9.59 Å². The second kappa shape index (κ2) is 4.14. The summed E-state index contributed by atoms with van der Waals surface area (Å²) in [6, 6.07) is 3.30. The minimum absolute atomic E-state index is 0.243. The Bertz CT molecular complexity index is 545. The molecule has 16 heavy (non-hydrogen) atoms. The lowest BCUT2D eigenvalue weighted by atomic mass is 10.1. The van der Waals surface area contributed by atoms with Gasteiger partial charge in [-0.05, 0) is 12.1 Å². The van der Waals surface area contributed by atoms with E-state index < -0.39 is 5.97 Å². The van der Waals surface area contributed by atoms with Crippen LogP contribution in [-0.4, -0.2) is 28.2 Å². The molecular formula is C11H10N2O3. The monoisotopic (exact) mass is 218 g/mol. The predicted octanol–water partition coefficient (Wildman–Crippen LogP) is 1.08. The van der Waals surface area contributed by atoms with Crippen LogP contribution in [0.15, 0.2) is 30.7 Å². The molecule has 0 saturated heterocycles. The Kier molecular flexibility index (Phi) is 2.68. The predicted molar refractivity (Wildman–Crippen MR) is 56.2 cm³/mol. The maximum absolute atomic E-state index is 11.6. The first-order valence-electron chi connectivity index (χ1n) is 4.73. The van der Waals surface area contributed by atoms with Crippen molar-refractivity contribution in [1.29, 1.82) is 0 Å². The summed E-state index contributed by atoms with van der Waals surface area (Å²) >= 11 is 0. The number of rotatable bonds is 3. The van der Waals surface area contributed by atoms with Gasteiger partial charge >= 0.3 is 5.97 Å². The molecule has 2 rings (SSSR count). The fourth-order valence-electron chi connectivity index (χ4n) is 1.39. The van der Waals surface area contributed by atoms with E-state index in [1.165, 1.54) is 7.11 Å². The van der Waals surface area contributed by atoms with E-state index in [0.29, 0.717) is 11.2 Å². The normalized spacial score (nSPS) is 10.3. The van der Waals surface area contributed by atoms with Gasteiger partial charge in [-0.15, -0.1) is 0 Å². The number of ketones is 1. The molecule has 2 heterocycles. The minimum Gasteiger partial charge on any atom is -0.469 e. The van der Waals surface area contributed by atoms with Crippen LogP contribution in [0.4, 0.5) is 0 Å². The van der Waals surface area contributed by atoms with E-state index in [1.54, 1.807) is 35.1 Å². The van der Waals surface area contributed by atoms with Crippen molar-refractivity contribution in [2.45, 2.75) is 6.42 Å². The quantitative estimate of drug-likeness (QED) is 0.439. The van der Waals surface area contributed by atoms with E-state index in [0.717, 1.165) is 0 Å². The average Bonchev–Trinajstić information content (AvgIpc) is 2.75. The van der Waals surface area contributed by atoms with Crippen molar-refractivity contribution < 1.29 is 14.3 Å². The molecule has 0 aliphatic heterocycles. The lowest BCUT2D eigenvalue weighted by molar-refractivity contribution is -0.139. The van der Waals surface area contributed by atoms with Crippen LogP contribution in [0.1, 0.15) is 16.8 Å². The lowest BCUT2D eigenvalue weighted by Gasteiger charge is -2.00. The Morgan fingerprint density at radius 2 is 2.25 bits per heavy atom. The molecular weight excluding hydrogens is 208 g/mol. The number of pyridine rings is 1. The first kappa shape index (κ1) is 10.4. The van der Waals surface area contributed by atoms with Crippen LogP contribution >= 0.6 is 0 Å². The SMILES string of the molecule is COC(=O)CC(=O)c1ccn2ccnc2c1. The summed E-state index contributed by atoms with van der Waals surface area (Å²) < 4.78 is 6.22. The standard InChI is InChI=1S/C11H10N2O3/c1-16-11(15)7-9(14)8-2-4-13-5-3-12-10(13)6-8/h2-6H,7H2,1H3. The van der Waals surface area contributed by atoms with Crippen LogP contribution in [0.3, 0.4) is 0 Å². The van der Waals surface area contributed by atoms with E-state index in [-0.39, 0.29) is 12.2 Å². The van der Waals surface area contributed by atoms with Crippen LogP contribution in [0.2, 0.25) is 0 Å². The molecule has 82 valence electrons. The highest BCUT2D eigenvalue weighted by molar-refractivity contribution is 6.06. The van der Waals surface area contributed by atoms with Crippen molar-refractivity contribution in [2.75, 3.05) is 7.11 Å². The topological polar surface area (TPSA) is 60.7 Å². The number of aromatic nitrogens is 2. The molecule has 0 radical (unpaired) electrons. The summed E-state index contributed by atoms with van der Waals surface area (Å²) in [7, 11) is 1.26. The molecule has 0 atom stereocenters. The number of fused-ring (bicyclic) bond motifs is 1. The Labute approximate surface area is 91.7 Å². The third-order valence-corrected chi connectivity index (χ3v) is 2.25. The van der Waals surface area contributed by atoms with Crippen molar-refractivity contribution >= 4 is 17.4 Å². The molecule has 5 heteroatoms. The highest BCUT2D eigenvalue weighted by Crippen LogP contribution is 2.08. The number of esters is 1. The van der Waals surface area contributed by atoms with Crippen molar-refractivity contribution in [3.05, 3.63) is 36.3 Å². The van der Waals surface area contributed by atoms with Gasteiger partial charge in [-0.3, -0.25) is 9.59 Å². The van der Waals surface area contributed by atoms with E-state index in [1.807, 2.05) is 0 Å². The molecule has 2 aromatic rings. The van der Waals surface area contributed by atoms with Crippen molar-refractivity contribution in [1.82, 2.24) is 9.38 Å². The van der Waals surface area contributed by atoms with Gasteiger partial charge in [-0.2, -0.15) is 0 Å². The van der Waals surface area contributed by atoms with Crippen LogP contribution in [0.25, 0.3) is 5.65 Å². The third-order valence-electron chi connectivity index (χ3n) is 2.25. The van der Waals surface area contributed by atoms with Gasteiger partial charge in [-0.25, -0.2) is 4.98 Å². The molecule has 0 spiro atoms. The fraction of sp³-hybridized carbons (Fsp3) is 0.182. The van der Waals surface area contributed by atoms with Gasteiger partial charge in [0.05, 0.1) is 7.11 Å². The molecule has 0 aliphatic carbocycles. The largest absolute Gasteiger partial charge is 0.469 e. The maximum Gasteiger partial charge on any atom is 0.313 e. The van der Waals surface area contributed by atoms with Gasteiger partial charge < -0.3 is 9.14 Å². The molecule has 0 fully saturated rings. The number of imidazole rings is 1. The van der Waals surface area contributed by atoms with Gasteiger partial charge in [0.2, 0.25) is 0 Å². The second-order valence-electron chi connectivity index (χ2n) is 3.28. The van der Waals surface area contributed by atoms with Crippen LogP contribution < -0.4 is 0 Å². The van der Waals surface area contributed by atoms with Crippen LogP contribution in [-0.2, 0) is 9.53 Å². The van der Waals surface area contributed by atoms with Crippen molar-refractivity contribution in [3.8, 4) is 0 Å². The summed E-state index contributed by atoms with van der Waals surface area (Å²) in [6.45, 7) is 0. The number of carbonyl (C=O) groups is 2. The molecule has 0 bridgehead atoms. The summed E-state index contributed by atoms with van der Waals surface area (Å²) in [5.41, 5.74) is 1.14. The number of hydrogen-bond acceptors (Lipinski definition) is 4. The summed E-state index contributed by atoms with van der Waals surface area (Å²) in [5, 5.41) is 0. The Morgan fingerprint density at radius 1 is 1.44 bits per heavy atom. The molecule has 0 unspecified atom stereocenters. The van der Waals surface area contributed by atoms with Gasteiger partial charge in [0.1, 0.15) is 12.1 Å². The van der Waals surface area contributed by atoms with E-state index in [4.69, 9.17) is 0 Å². The zero-order valence-corrected chi connectivity index (χ0v) is 8.71. The van der Waals surface area contributed by atoms with Crippen LogP contribution in [0.5, 0.6) is 0 Å². The summed E-state index contributed by atoms with van der Waals surface area (Å²) in [5.74, 6) is -0.800. The maximum atomic E-state index is 11.6. The van der Waals surface area contributed by atoms with E-state index >= 15 is 0 Å². The molecule has 0 aliphatic rings. The highest BCUT2D eigenvalue weighted by Gasteiger charge is 2.12. The molecule has 0 amide bonds. The molecule has 5 nitrogen and oxygen atoms in total. The smallest absolute Gasteiger partial charge is 0.313 e. The van der Waals surface area contributed by atoms with Gasteiger partial charge in [0.15, 0.2) is 5.78 Å². The van der Waals surface area contributed by atoms with Crippen molar-refractivity contribution in [2.24, 2.45) is 0 Å². The third kappa shape index (κ3) is 1.93. The molecule has 0 saturated carbocycles. The fourth-order valence-corrected chi connectivity index (χ4v) is 1.39. The number of carbonyl (C=O) groups excluding carboxylic acids is 2. The van der Waals surface area contributed by atoms with Crippen molar-refractivity contribution in [3.63, 3.8) is 0 Å². The zero-order chi connectivity index (χ0) is 11.5. The Balaban J connectivity index is 2.25. The van der Waals surface area contributed by atoms with E-state index in [2.05, 4.69) is 9.72 Å². The first-order chi connectivity index (χ1) is 7.70. The van der Waals surface area contributed by atoms with Gasteiger partial charge in [0.25, 0.3) is 0 Å². The molecule has 2 aromatic heterocycles. The average molecular weight is 218 g/mol. The summed E-state index contributed by atoms with van der Waals surface area (Å²) in [4.78, 5) is 26.6. The Morgan fingerprint density at radius 3 is 3.00 bits per heavy atom. The summed E-state index contributed by atoms with van der Waals surface area (Å²) in [6.07, 6.45) is 4.91. The van der Waals surface area contributed by atoms with Gasteiger partial charge in [-0.1, -0.05) is 0 Å². The number of ether oxygens (including phenoxy) is 1. The lowest BCUT2D eigenvalue weighted by Crippen LogP contribution is -2.09. The zero-order valence-electron chi connectivity index (χ0n) is 8.71. The van der Waals surface area contributed by atoms with Gasteiger partial charge in [0, 0.05) is 24.2 Å². The van der Waals surface area contributed by atoms with Crippen LogP contribution in [0, 0.1) is 0 Å². The number of Topliss-reactive ketones (excluding diaryl/α,β-unsaturated/α-hetero) is 1. The number of methoxy groups -OCH3 is 1.